The zero-order valence-electron chi connectivity index (χ0n) is 10.7. The van der Waals surface area contributed by atoms with Gasteiger partial charge >= 0.3 is 0 Å². The van der Waals surface area contributed by atoms with Crippen LogP contribution in [-0.4, -0.2) is 15.9 Å². The van der Waals surface area contributed by atoms with Crippen molar-refractivity contribution < 1.29 is 4.79 Å². The van der Waals surface area contributed by atoms with E-state index in [1.165, 1.54) is 0 Å². The second kappa shape index (κ2) is 5.54. The Hall–Kier alpha value is -1.01. The first-order valence-corrected chi connectivity index (χ1v) is 7.40. The molecule has 1 heterocycles. The molecule has 0 aliphatic heterocycles. The number of thiocarbonyl (C=S) groups is 1. The van der Waals surface area contributed by atoms with Crippen LogP contribution in [-0.2, 0) is 4.79 Å². The summed E-state index contributed by atoms with van der Waals surface area (Å²) in [6.45, 7) is 1.87. The highest BCUT2D eigenvalue weighted by Gasteiger charge is 2.44. The molecule has 1 saturated carbocycles. The maximum absolute atomic E-state index is 12.4. The highest BCUT2D eigenvalue weighted by molar-refractivity contribution is 9.10. The van der Waals surface area contributed by atoms with Crippen molar-refractivity contribution in [3.63, 3.8) is 0 Å². The lowest BCUT2D eigenvalue weighted by atomic mass is 9.85. The van der Waals surface area contributed by atoms with E-state index in [0.29, 0.717) is 5.82 Å². The molecule has 19 heavy (non-hydrogen) atoms. The molecule has 0 radical (unpaired) electrons. The average Bonchev–Trinajstić information content (AvgIpc) is 2.84. The van der Waals surface area contributed by atoms with Gasteiger partial charge in [-0.25, -0.2) is 4.98 Å². The number of anilines is 1. The Bertz CT molecular complexity index is 527. The van der Waals surface area contributed by atoms with Gasteiger partial charge in [0.15, 0.2) is 0 Å². The maximum Gasteiger partial charge on any atom is 0.238 e. The van der Waals surface area contributed by atoms with Gasteiger partial charge in [0.1, 0.15) is 5.82 Å². The Balaban J connectivity index is 2.20. The fraction of sp³-hybridized carbons (Fsp3) is 0.462. The number of pyridine rings is 1. The number of carbonyl (C=O) groups is 1. The summed E-state index contributed by atoms with van der Waals surface area (Å²) >= 11 is 8.48. The van der Waals surface area contributed by atoms with E-state index >= 15 is 0 Å². The molecule has 1 amide bonds. The van der Waals surface area contributed by atoms with Gasteiger partial charge < -0.3 is 11.1 Å². The molecule has 1 aliphatic carbocycles. The molecule has 102 valence electrons. The number of nitrogens with two attached hydrogens (primary N) is 1. The molecular formula is C13H16BrN3OS. The van der Waals surface area contributed by atoms with Crippen molar-refractivity contribution in [3.8, 4) is 0 Å². The van der Waals surface area contributed by atoms with Crippen LogP contribution in [0.2, 0.25) is 0 Å². The summed E-state index contributed by atoms with van der Waals surface area (Å²) in [6, 6.07) is 3.62. The van der Waals surface area contributed by atoms with Crippen molar-refractivity contribution in [2.75, 3.05) is 5.32 Å². The van der Waals surface area contributed by atoms with Crippen LogP contribution in [0.1, 0.15) is 31.4 Å². The van der Waals surface area contributed by atoms with E-state index in [0.717, 1.165) is 35.8 Å². The minimum Gasteiger partial charge on any atom is -0.392 e. The van der Waals surface area contributed by atoms with Crippen LogP contribution in [0.15, 0.2) is 16.6 Å². The lowest BCUT2D eigenvalue weighted by Crippen LogP contribution is -2.44. The van der Waals surface area contributed by atoms with Crippen LogP contribution in [0.4, 0.5) is 5.82 Å². The van der Waals surface area contributed by atoms with Gasteiger partial charge in [0.05, 0.1) is 16.1 Å². The number of hydrogen-bond donors (Lipinski definition) is 2. The fourth-order valence-electron chi connectivity index (χ4n) is 2.41. The molecule has 0 unspecified atom stereocenters. The predicted octanol–water partition coefficient (Wildman–Crippen LogP) is 2.94. The van der Waals surface area contributed by atoms with E-state index < -0.39 is 5.41 Å². The third-order valence-corrected chi connectivity index (χ3v) is 4.86. The lowest BCUT2D eigenvalue weighted by Gasteiger charge is -2.26. The first-order chi connectivity index (χ1) is 8.95. The first-order valence-electron chi connectivity index (χ1n) is 6.20. The monoisotopic (exact) mass is 341 g/mol. The molecule has 2 rings (SSSR count). The smallest absolute Gasteiger partial charge is 0.238 e. The van der Waals surface area contributed by atoms with Gasteiger partial charge in [0.25, 0.3) is 0 Å². The topological polar surface area (TPSA) is 68.0 Å². The van der Waals surface area contributed by atoms with E-state index in [4.69, 9.17) is 18.0 Å². The summed E-state index contributed by atoms with van der Waals surface area (Å²) in [7, 11) is 0. The Labute approximate surface area is 126 Å². The summed E-state index contributed by atoms with van der Waals surface area (Å²) in [6.07, 6.45) is 3.42. The zero-order chi connectivity index (χ0) is 14.0. The van der Waals surface area contributed by atoms with E-state index in [-0.39, 0.29) is 10.9 Å². The molecule has 0 atom stereocenters. The summed E-state index contributed by atoms with van der Waals surface area (Å²) in [5, 5.41) is 2.84. The molecule has 0 spiro atoms. The predicted molar refractivity (Wildman–Crippen MR) is 83.0 cm³/mol. The SMILES string of the molecule is Cc1nc(NC(=O)C2(C(N)=S)CCCC2)ccc1Br. The van der Waals surface area contributed by atoms with Gasteiger partial charge in [0.2, 0.25) is 5.91 Å². The van der Waals surface area contributed by atoms with Gasteiger partial charge in [-0.2, -0.15) is 0 Å². The second-order valence-corrected chi connectivity index (χ2v) is 6.17. The molecule has 0 aromatic carbocycles. The van der Waals surface area contributed by atoms with Crippen LogP contribution in [0, 0.1) is 12.3 Å². The minimum atomic E-state index is -0.696. The Kier molecular flexibility index (Phi) is 4.20. The largest absolute Gasteiger partial charge is 0.392 e. The highest BCUT2D eigenvalue weighted by atomic mass is 79.9. The molecule has 4 nitrogen and oxygen atoms in total. The van der Waals surface area contributed by atoms with Gasteiger partial charge in [-0.1, -0.05) is 25.1 Å². The maximum atomic E-state index is 12.4. The van der Waals surface area contributed by atoms with Crippen LogP contribution in [0.25, 0.3) is 0 Å². The third kappa shape index (κ3) is 2.79. The Morgan fingerprint density at radius 3 is 2.63 bits per heavy atom. The second-order valence-electron chi connectivity index (χ2n) is 4.87. The number of carbonyl (C=O) groups excluding carboxylic acids is 1. The van der Waals surface area contributed by atoms with Gasteiger partial charge in [0, 0.05) is 4.47 Å². The van der Waals surface area contributed by atoms with Crippen molar-refractivity contribution in [3.05, 3.63) is 22.3 Å². The number of nitrogens with zero attached hydrogens (tertiary/aromatic N) is 1. The fourth-order valence-corrected chi connectivity index (χ4v) is 2.93. The molecule has 6 heteroatoms. The van der Waals surface area contributed by atoms with E-state index in [1.54, 1.807) is 6.07 Å². The summed E-state index contributed by atoms with van der Waals surface area (Å²) in [5.74, 6) is 0.403. The van der Waals surface area contributed by atoms with Crippen molar-refractivity contribution >= 4 is 44.9 Å². The Morgan fingerprint density at radius 2 is 2.11 bits per heavy atom. The molecule has 0 saturated heterocycles. The van der Waals surface area contributed by atoms with Gasteiger partial charge in [-0.3, -0.25) is 4.79 Å². The summed E-state index contributed by atoms with van der Waals surface area (Å²) < 4.78 is 0.912. The normalized spacial score (nSPS) is 17.2. The quantitative estimate of drug-likeness (QED) is 0.829. The zero-order valence-corrected chi connectivity index (χ0v) is 13.1. The van der Waals surface area contributed by atoms with Crippen LogP contribution in [0.3, 0.4) is 0 Å². The number of amides is 1. The number of rotatable bonds is 3. The molecule has 1 aromatic rings. The van der Waals surface area contributed by atoms with Crippen LogP contribution >= 0.6 is 28.1 Å². The summed E-state index contributed by atoms with van der Waals surface area (Å²) in [5.41, 5.74) is 5.91. The number of halogens is 1. The minimum absolute atomic E-state index is 0.133. The standard InChI is InChI=1S/C13H16BrN3OS/c1-8-9(14)4-5-10(16-8)17-12(18)13(11(15)19)6-2-3-7-13/h4-5H,2-3,6-7H2,1H3,(H2,15,19)(H,16,17,18). The molecule has 1 aliphatic rings. The van der Waals surface area contributed by atoms with Gasteiger partial charge in [-0.05, 0) is 47.8 Å². The Morgan fingerprint density at radius 1 is 1.47 bits per heavy atom. The van der Waals surface area contributed by atoms with E-state index in [9.17, 15) is 4.79 Å². The first kappa shape index (κ1) is 14.4. The average molecular weight is 342 g/mol. The molecule has 3 N–H and O–H groups in total. The number of aromatic nitrogens is 1. The molecule has 1 aromatic heterocycles. The number of aryl methyl sites for hydroxylation is 1. The van der Waals surface area contributed by atoms with E-state index in [1.807, 2.05) is 13.0 Å². The number of nitrogens with one attached hydrogen (secondary N) is 1. The lowest BCUT2D eigenvalue weighted by molar-refractivity contribution is -0.122. The molecule has 1 fully saturated rings. The highest BCUT2D eigenvalue weighted by Crippen LogP contribution is 2.39. The van der Waals surface area contributed by atoms with Crippen molar-refractivity contribution in [2.45, 2.75) is 32.6 Å². The van der Waals surface area contributed by atoms with Crippen LogP contribution in [0.5, 0.6) is 0 Å². The molecule has 0 bridgehead atoms. The van der Waals surface area contributed by atoms with Crippen molar-refractivity contribution in [1.29, 1.82) is 0 Å². The number of hydrogen-bond acceptors (Lipinski definition) is 3. The van der Waals surface area contributed by atoms with Crippen molar-refractivity contribution in [2.24, 2.45) is 11.1 Å². The van der Waals surface area contributed by atoms with Gasteiger partial charge in [-0.15, -0.1) is 0 Å². The summed E-state index contributed by atoms with van der Waals surface area (Å²) in [4.78, 5) is 17.0. The van der Waals surface area contributed by atoms with E-state index in [2.05, 4.69) is 26.2 Å². The van der Waals surface area contributed by atoms with Crippen molar-refractivity contribution in [1.82, 2.24) is 4.98 Å². The van der Waals surface area contributed by atoms with Crippen LogP contribution < -0.4 is 11.1 Å². The third-order valence-electron chi connectivity index (χ3n) is 3.63. The molecular weight excluding hydrogens is 326 g/mol.